The third-order valence-electron chi connectivity index (χ3n) is 5.18. The Balaban J connectivity index is 1.64. The average molecular weight is 394 g/mol. The second-order valence-electron chi connectivity index (χ2n) is 7.30. The van der Waals surface area contributed by atoms with Crippen molar-refractivity contribution in [2.75, 3.05) is 0 Å². The molecule has 0 N–H and O–H groups in total. The summed E-state index contributed by atoms with van der Waals surface area (Å²) < 4.78 is 5.83. The molecule has 30 heavy (non-hydrogen) atoms. The molecule has 0 spiro atoms. The smallest absolute Gasteiger partial charge is 0.227 e. The third-order valence-corrected chi connectivity index (χ3v) is 5.18. The van der Waals surface area contributed by atoms with Gasteiger partial charge in [0.05, 0.1) is 11.4 Å². The molecule has 0 aliphatic carbocycles. The number of nitrogens with zero attached hydrogens (tertiary/aromatic N) is 6. The van der Waals surface area contributed by atoms with Crippen LogP contribution in [0.1, 0.15) is 17.7 Å². The minimum absolute atomic E-state index is 0.338. The molecule has 0 amide bonds. The Morgan fingerprint density at radius 2 is 1.17 bits per heavy atom. The lowest BCUT2D eigenvalue weighted by molar-refractivity contribution is 0.276. The van der Waals surface area contributed by atoms with Crippen molar-refractivity contribution >= 4 is 0 Å². The van der Waals surface area contributed by atoms with E-state index in [1.807, 2.05) is 62.7 Å². The SMILES string of the molecule is Cc1cc(-c2ccccc2)nn1C(n1cccn1)n1nc(-c2ccccc2)cc1C. The van der Waals surface area contributed by atoms with Gasteiger partial charge in [0.15, 0.2) is 0 Å². The molecule has 0 fully saturated rings. The predicted molar refractivity (Wildman–Crippen MR) is 117 cm³/mol. The maximum absolute atomic E-state index is 4.93. The molecule has 148 valence electrons. The summed E-state index contributed by atoms with van der Waals surface area (Å²) in [4.78, 5) is 0. The van der Waals surface area contributed by atoms with Crippen molar-refractivity contribution in [2.24, 2.45) is 0 Å². The van der Waals surface area contributed by atoms with E-state index in [-0.39, 0.29) is 6.29 Å². The molecule has 5 rings (SSSR count). The highest BCUT2D eigenvalue weighted by atomic mass is 15.6. The van der Waals surface area contributed by atoms with Crippen molar-refractivity contribution in [3.63, 3.8) is 0 Å². The van der Waals surface area contributed by atoms with Gasteiger partial charge in [0, 0.05) is 34.9 Å². The van der Waals surface area contributed by atoms with E-state index in [1.54, 1.807) is 6.20 Å². The lowest BCUT2D eigenvalue weighted by Gasteiger charge is -2.21. The fourth-order valence-electron chi connectivity index (χ4n) is 3.69. The van der Waals surface area contributed by atoms with E-state index in [2.05, 4.69) is 55.3 Å². The van der Waals surface area contributed by atoms with Gasteiger partial charge in [-0.2, -0.15) is 15.3 Å². The quantitative estimate of drug-likeness (QED) is 0.431. The van der Waals surface area contributed by atoms with Crippen molar-refractivity contribution in [3.8, 4) is 22.5 Å². The van der Waals surface area contributed by atoms with Crippen LogP contribution >= 0.6 is 0 Å². The van der Waals surface area contributed by atoms with Gasteiger partial charge in [-0.3, -0.25) is 0 Å². The summed E-state index contributed by atoms with van der Waals surface area (Å²) in [5.74, 6) is 0. The van der Waals surface area contributed by atoms with Gasteiger partial charge in [-0.05, 0) is 32.0 Å². The van der Waals surface area contributed by atoms with Gasteiger partial charge in [0.25, 0.3) is 0 Å². The number of hydrogen-bond donors (Lipinski definition) is 0. The first-order valence-corrected chi connectivity index (χ1v) is 9.93. The molecule has 3 heterocycles. The maximum atomic E-state index is 4.93. The Hall–Kier alpha value is -3.93. The van der Waals surface area contributed by atoms with Crippen LogP contribution in [-0.4, -0.2) is 29.3 Å². The Morgan fingerprint density at radius 3 is 1.60 bits per heavy atom. The summed E-state index contributed by atoms with van der Waals surface area (Å²) >= 11 is 0. The van der Waals surface area contributed by atoms with E-state index in [0.717, 1.165) is 33.9 Å². The minimum atomic E-state index is -0.338. The van der Waals surface area contributed by atoms with E-state index < -0.39 is 0 Å². The van der Waals surface area contributed by atoms with Gasteiger partial charge in [0.1, 0.15) is 0 Å². The van der Waals surface area contributed by atoms with E-state index in [9.17, 15) is 0 Å². The van der Waals surface area contributed by atoms with Crippen LogP contribution in [0.4, 0.5) is 0 Å². The van der Waals surface area contributed by atoms with Crippen LogP contribution in [0.15, 0.2) is 91.3 Å². The van der Waals surface area contributed by atoms with Crippen molar-refractivity contribution in [3.05, 3.63) is 103 Å². The van der Waals surface area contributed by atoms with E-state index in [0.29, 0.717) is 0 Å². The van der Waals surface area contributed by atoms with Crippen LogP contribution in [0.25, 0.3) is 22.5 Å². The van der Waals surface area contributed by atoms with Gasteiger partial charge in [-0.1, -0.05) is 60.7 Å². The molecular formula is C24H22N6. The Labute approximate surface area is 175 Å². The lowest BCUT2D eigenvalue weighted by Crippen LogP contribution is -2.29. The maximum Gasteiger partial charge on any atom is 0.238 e. The predicted octanol–water partition coefficient (Wildman–Crippen LogP) is 4.78. The zero-order valence-corrected chi connectivity index (χ0v) is 16.9. The van der Waals surface area contributed by atoms with Crippen molar-refractivity contribution in [2.45, 2.75) is 20.1 Å². The molecule has 0 aliphatic rings. The zero-order chi connectivity index (χ0) is 20.5. The molecule has 0 atom stereocenters. The molecule has 0 unspecified atom stereocenters. The number of aromatic nitrogens is 6. The van der Waals surface area contributed by atoms with E-state index in [1.165, 1.54) is 0 Å². The molecule has 0 radical (unpaired) electrons. The number of aryl methyl sites for hydroxylation is 2. The molecule has 6 nitrogen and oxygen atoms in total. The fourth-order valence-corrected chi connectivity index (χ4v) is 3.69. The molecule has 2 aromatic carbocycles. The molecule has 0 aliphatic heterocycles. The van der Waals surface area contributed by atoms with Crippen LogP contribution in [0.5, 0.6) is 0 Å². The first-order chi connectivity index (χ1) is 14.7. The fraction of sp³-hybridized carbons (Fsp3) is 0.125. The third kappa shape index (κ3) is 3.22. The molecule has 0 saturated carbocycles. The van der Waals surface area contributed by atoms with Crippen molar-refractivity contribution in [1.29, 1.82) is 0 Å². The molecule has 6 heteroatoms. The largest absolute Gasteiger partial charge is 0.238 e. The summed E-state index contributed by atoms with van der Waals surface area (Å²) in [6, 6.07) is 26.5. The highest BCUT2D eigenvalue weighted by molar-refractivity contribution is 5.60. The van der Waals surface area contributed by atoms with Crippen LogP contribution < -0.4 is 0 Å². The first kappa shape index (κ1) is 18.1. The summed E-state index contributed by atoms with van der Waals surface area (Å²) in [7, 11) is 0. The molecule has 3 aromatic heterocycles. The summed E-state index contributed by atoms with van der Waals surface area (Å²) in [6.07, 6.45) is 3.38. The van der Waals surface area contributed by atoms with Crippen molar-refractivity contribution in [1.82, 2.24) is 29.3 Å². The standard InChI is InChI=1S/C24H22N6/c1-18-16-22(20-10-5-3-6-11-20)26-29(18)24(28-15-9-14-25-28)30-19(2)17-23(27-30)21-12-7-4-8-13-21/h3-17,24H,1-2H3. The minimum Gasteiger partial charge on any atom is -0.227 e. The average Bonchev–Trinajstić information content (AvgIpc) is 3.52. The van der Waals surface area contributed by atoms with Crippen LogP contribution in [0.3, 0.4) is 0 Å². The van der Waals surface area contributed by atoms with Crippen LogP contribution in [-0.2, 0) is 0 Å². The molecule has 0 saturated heterocycles. The number of benzene rings is 2. The van der Waals surface area contributed by atoms with Crippen LogP contribution in [0.2, 0.25) is 0 Å². The van der Waals surface area contributed by atoms with Crippen molar-refractivity contribution < 1.29 is 0 Å². The van der Waals surface area contributed by atoms with E-state index >= 15 is 0 Å². The second-order valence-corrected chi connectivity index (χ2v) is 7.30. The Bertz CT molecular complexity index is 1170. The molecular weight excluding hydrogens is 372 g/mol. The second kappa shape index (κ2) is 7.48. The first-order valence-electron chi connectivity index (χ1n) is 9.93. The summed E-state index contributed by atoms with van der Waals surface area (Å²) in [5, 5.41) is 14.4. The normalized spacial score (nSPS) is 11.3. The van der Waals surface area contributed by atoms with E-state index in [4.69, 9.17) is 10.2 Å². The monoisotopic (exact) mass is 394 g/mol. The van der Waals surface area contributed by atoms with Crippen LogP contribution in [0, 0.1) is 13.8 Å². The van der Waals surface area contributed by atoms with Gasteiger partial charge in [0.2, 0.25) is 6.29 Å². The number of rotatable bonds is 5. The molecule has 0 bridgehead atoms. The lowest BCUT2D eigenvalue weighted by atomic mass is 10.1. The Morgan fingerprint density at radius 1 is 0.667 bits per heavy atom. The summed E-state index contributed by atoms with van der Waals surface area (Å²) in [6.45, 7) is 4.12. The van der Waals surface area contributed by atoms with Gasteiger partial charge >= 0.3 is 0 Å². The Kier molecular flexibility index (Phi) is 4.52. The van der Waals surface area contributed by atoms with Gasteiger partial charge in [-0.15, -0.1) is 0 Å². The number of hydrogen-bond acceptors (Lipinski definition) is 3. The van der Waals surface area contributed by atoms with Gasteiger partial charge in [-0.25, -0.2) is 14.0 Å². The highest BCUT2D eigenvalue weighted by Crippen LogP contribution is 2.25. The summed E-state index contributed by atoms with van der Waals surface area (Å²) in [5.41, 5.74) is 6.09. The van der Waals surface area contributed by atoms with Gasteiger partial charge < -0.3 is 0 Å². The zero-order valence-electron chi connectivity index (χ0n) is 16.9. The highest BCUT2D eigenvalue weighted by Gasteiger charge is 2.23. The topological polar surface area (TPSA) is 53.5 Å². The molecule has 5 aromatic rings.